The zero-order chi connectivity index (χ0) is 14.5. The van der Waals surface area contributed by atoms with Gasteiger partial charge < -0.3 is 9.73 Å². The lowest BCUT2D eigenvalue weighted by molar-refractivity contribution is 0.101. The fourth-order valence-corrected chi connectivity index (χ4v) is 3.01. The van der Waals surface area contributed by atoms with Crippen LogP contribution in [-0.4, -0.2) is 35.1 Å². The Morgan fingerprint density at radius 1 is 1.45 bits per heavy atom. The Kier molecular flexibility index (Phi) is 5.61. The predicted octanol–water partition coefficient (Wildman–Crippen LogP) is 2.84. The number of nitrogens with one attached hydrogen (secondary N) is 1. The third kappa shape index (κ3) is 4.06. The number of hydrogen-bond donors (Lipinski definition) is 1. The van der Waals surface area contributed by atoms with Crippen molar-refractivity contribution in [1.29, 1.82) is 0 Å². The molecule has 114 valence electrons. The van der Waals surface area contributed by atoms with E-state index in [0.29, 0.717) is 12.1 Å². The SMILES string of the molecule is CCc1cnc(CN2CC(CC(C)C)NCC2CC)o1. The van der Waals surface area contributed by atoms with Crippen molar-refractivity contribution in [2.75, 3.05) is 13.1 Å². The highest BCUT2D eigenvalue weighted by molar-refractivity contribution is 4.95. The fourth-order valence-electron chi connectivity index (χ4n) is 3.01. The van der Waals surface area contributed by atoms with Crippen LogP contribution in [0.15, 0.2) is 10.6 Å². The maximum atomic E-state index is 5.77. The molecule has 0 aliphatic carbocycles. The molecular formula is C16H29N3O. The van der Waals surface area contributed by atoms with Gasteiger partial charge in [0.05, 0.1) is 12.7 Å². The van der Waals surface area contributed by atoms with Crippen molar-refractivity contribution in [1.82, 2.24) is 15.2 Å². The second-order valence-electron chi connectivity index (χ2n) is 6.30. The quantitative estimate of drug-likeness (QED) is 0.869. The van der Waals surface area contributed by atoms with Gasteiger partial charge in [-0.2, -0.15) is 0 Å². The van der Waals surface area contributed by atoms with Gasteiger partial charge in [-0.05, 0) is 18.8 Å². The molecule has 4 heteroatoms. The van der Waals surface area contributed by atoms with Crippen molar-refractivity contribution in [3.63, 3.8) is 0 Å². The molecule has 1 fully saturated rings. The van der Waals surface area contributed by atoms with Crippen LogP contribution in [-0.2, 0) is 13.0 Å². The highest BCUT2D eigenvalue weighted by Gasteiger charge is 2.28. The molecule has 1 N–H and O–H groups in total. The largest absolute Gasteiger partial charge is 0.444 e. The summed E-state index contributed by atoms with van der Waals surface area (Å²) in [6, 6.07) is 1.19. The zero-order valence-electron chi connectivity index (χ0n) is 13.4. The number of aromatic nitrogens is 1. The average molecular weight is 279 g/mol. The summed E-state index contributed by atoms with van der Waals surface area (Å²) < 4.78 is 5.77. The van der Waals surface area contributed by atoms with Gasteiger partial charge in [-0.1, -0.05) is 27.7 Å². The average Bonchev–Trinajstić information content (AvgIpc) is 2.86. The molecule has 1 aliphatic rings. The Morgan fingerprint density at radius 2 is 2.25 bits per heavy atom. The van der Waals surface area contributed by atoms with Crippen molar-refractivity contribution in [3.8, 4) is 0 Å². The molecule has 0 radical (unpaired) electrons. The van der Waals surface area contributed by atoms with E-state index in [1.165, 1.54) is 12.8 Å². The van der Waals surface area contributed by atoms with E-state index in [2.05, 4.69) is 42.9 Å². The second kappa shape index (κ2) is 7.23. The molecule has 0 aromatic carbocycles. The molecule has 1 aromatic heterocycles. The van der Waals surface area contributed by atoms with Crippen LogP contribution in [0.4, 0.5) is 0 Å². The summed E-state index contributed by atoms with van der Waals surface area (Å²) in [4.78, 5) is 6.94. The van der Waals surface area contributed by atoms with E-state index >= 15 is 0 Å². The maximum Gasteiger partial charge on any atom is 0.208 e. The Balaban J connectivity index is 1.97. The van der Waals surface area contributed by atoms with E-state index in [0.717, 1.165) is 43.6 Å². The Labute approximate surface area is 122 Å². The van der Waals surface area contributed by atoms with Gasteiger partial charge >= 0.3 is 0 Å². The summed E-state index contributed by atoms with van der Waals surface area (Å²) in [7, 11) is 0. The van der Waals surface area contributed by atoms with Gasteiger partial charge in [-0.25, -0.2) is 4.98 Å². The van der Waals surface area contributed by atoms with E-state index in [1.54, 1.807) is 0 Å². The Morgan fingerprint density at radius 3 is 2.85 bits per heavy atom. The van der Waals surface area contributed by atoms with Crippen LogP contribution >= 0.6 is 0 Å². The summed E-state index contributed by atoms with van der Waals surface area (Å²) in [5, 5.41) is 3.69. The number of nitrogens with zero attached hydrogens (tertiary/aromatic N) is 2. The van der Waals surface area contributed by atoms with E-state index in [9.17, 15) is 0 Å². The minimum atomic E-state index is 0.593. The van der Waals surface area contributed by atoms with E-state index in [4.69, 9.17) is 4.42 Å². The van der Waals surface area contributed by atoms with Crippen LogP contribution in [0.2, 0.25) is 0 Å². The first kappa shape index (κ1) is 15.5. The first-order valence-corrected chi connectivity index (χ1v) is 8.03. The molecular weight excluding hydrogens is 250 g/mol. The van der Waals surface area contributed by atoms with Crippen molar-refractivity contribution < 1.29 is 4.42 Å². The normalized spacial score (nSPS) is 24.4. The zero-order valence-corrected chi connectivity index (χ0v) is 13.4. The standard InChI is InChI=1S/C16H29N3O/c1-5-14-8-17-13(7-12(3)4)10-19(14)11-16-18-9-15(6-2)20-16/h9,12-14,17H,5-8,10-11H2,1-4H3. The molecule has 4 nitrogen and oxygen atoms in total. The van der Waals surface area contributed by atoms with Crippen LogP contribution in [0, 0.1) is 5.92 Å². The van der Waals surface area contributed by atoms with Gasteiger partial charge in [0.1, 0.15) is 5.76 Å². The van der Waals surface area contributed by atoms with Crippen LogP contribution in [0.5, 0.6) is 0 Å². The molecule has 1 aliphatic heterocycles. The first-order valence-electron chi connectivity index (χ1n) is 8.03. The topological polar surface area (TPSA) is 41.3 Å². The van der Waals surface area contributed by atoms with Gasteiger partial charge in [-0.15, -0.1) is 0 Å². The summed E-state index contributed by atoms with van der Waals surface area (Å²) >= 11 is 0. The summed E-state index contributed by atoms with van der Waals surface area (Å²) in [5.41, 5.74) is 0. The monoisotopic (exact) mass is 279 g/mol. The van der Waals surface area contributed by atoms with Crippen LogP contribution in [0.1, 0.15) is 52.2 Å². The maximum absolute atomic E-state index is 5.77. The molecule has 1 saturated heterocycles. The van der Waals surface area contributed by atoms with E-state index < -0.39 is 0 Å². The van der Waals surface area contributed by atoms with Gasteiger partial charge in [-0.3, -0.25) is 4.90 Å². The van der Waals surface area contributed by atoms with Gasteiger partial charge in [0.15, 0.2) is 0 Å². The van der Waals surface area contributed by atoms with Crippen LogP contribution in [0.3, 0.4) is 0 Å². The molecule has 2 rings (SSSR count). The van der Waals surface area contributed by atoms with Crippen molar-refractivity contribution in [2.45, 2.75) is 65.6 Å². The molecule has 2 unspecified atom stereocenters. The Hall–Kier alpha value is -0.870. The van der Waals surface area contributed by atoms with E-state index in [-0.39, 0.29) is 0 Å². The number of oxazole rings is 1. The van der Waals surface area contributed by atoms with E-state index in [1.807, 2.05) is 6.20 Å². The molecule has 2 atom stereocenters. The molecule has 0 spiro atoms. The molecule has 1 aromatic rings. The summed E-state index contributed by atoms with van der Waals surface area (Å²) in [5.74, 6) is 2.59. The minimum absolute atomic E-state index is 0.593. The lowest BCUT2D eigenvalue weighted by atomic mass is 9.99. The third-order valence-electron chi connectivity index (χ3n) is 4.13. The Bertz CT molecular complexity index is 402. The molecule has 20 heavy (non-hydrogen) atoms. The number of hydrogen-bond acceptors (Lipinski definition) is 4. The number of rotatable bonds is 6. The smallest absolute Gasteiger partial charge is 0.208 e. The molecule has 0 saturated carbocycles. The lowest BCUT2D eigenvalue weighted by Crippen LogP contribution is -2.56. The lowest BCUT2D eigenvalue weighted by Gasteiger charge is -2.40. The van der Waals surface area contributed by atoms with Crippen molar-refractivity contribution in [3.05, 3.63) is 17.8 Å². The van der Waals surface area contributed by atoms with Gasteiger partial charge in [0.2, 0.25) is 5.89 Å². The van der Waals surface area contributed by atoms with Gasteiger partial charge in [0, 0.05) is 31.6 Å². The fraction of sp³-hybridized carbons (Fsp3) is 0.812. The van der Waals surface area contributed by atoms with Crippen molar-refractivity contribution in [2.24, 2.45) is 5.92 Å². The first-order chi connectivity index (χ1) is 9.62. The predicted molar refractivity (Wildman–Crippen MR) is 81.6 cm³/mol. The molecule has 2 heterocycles. The molecule has 0 bridgehead atoms. The number of aryl methyl sites for hydroxylation is 1. The summed E-state index contributed by atoms with van der Waals surface area (Å²) in [6.07, 6.45) is 5.19. The molecule has 0 amide bonds. The third-order valence-corrected chi connectivity index (χ3v) is 4.13. The van der Waals surface area contributed by atoms with Gasteiger partial charge in [0.25, 0.3) is 0 Å². The highest BCUT2D eigenvalue weighted by Crippen LogP contribution is 2.18. The van der Waals surface area contributed by atoms with Crippen molar-refractivity contribution >= 4 is 0 Å². The van der Waals surface area contributed by atoms with Crippen LogP contribution in [0.25, 0.3) is 0 Å². The highest BCUT2D eigenvalue weighted by atomic mass is 16.4. The summed E-state index contributed by atoms with van der Waals surface area (Å²) in [6.45, 7) is 12.0. The second-order valence-corrected chi connectivity index (χ2v) is 6.30. The van der Waals surface area contributed by atoms with Crippen LogP contribution < -0.4 is 5.32 Å². The number of piperazine rings is 1. The minimum Gasteiger partial charge on any atom is -0.444 e.